The first-order valence-electron chi connectivity index (χ1n) is 5.10. The van der Waals surface area contributed by atoms with Gasteiger partial charge in [0.2, 0.25) is 6.29 Å². The third-order valence-electron chi connectivity index (χ3n) is 2.40. The molecule has 0 bridgehead atoms. The van der Waals surface area contributed by atoms with E-state index >= 15 is 0 Å². The number of benzene rings is 1. The van der Waals surface area contributed by atoms with Crippen LogP contribution in [0.2, 0.25) is 0 Å². The van der Waals surface area contributed by atoms with Crippen LogP contribution in [0.5, 0.6) is 0 Å². The van der Waals surface area contributed by atoms with Crippen LogP contribution < -0.4 is 0 Å². The molecule has 0 saturated heterocycles. The standard InChI is InChI=1S/C12H13FN2O2/c1-16-12(17-2)10-7-15(8-14-10)11-6-4-3-5-9(11)13/h3-8,12H,1-2H3. The molecule has 0 atom stereocenters. The zero-order chi connectivity index (χ0) is 12.3. The number of rotatable bonds is 4. The van der Waals surface area contributed by atoms with Crippen LogP contribution >= 0.6 is 0 Å². The van der Waals surface area contributed by atoms with Crippen LogP contribution in [0, 0.1) is 5.82 Å². The molecule has 0 N–H and O–H groups in total. The van der Waals surface area contributed by atoms with Crippen molar-refractivity contribution in [2.24, 2.45) is 0 Å². The lowest BCUT2D eigenvalue weighted by Crippen LogP contribution is -2.03. The van der Waals surface area contributed by atoms with Crippen LogP contribution in [0.3, 0.4) is 0 Å². The van der Waals surface area contributed by atoms with Gasteiger partial charge in [0, 0.05) is 20.4 Å². The number of hydrogen-bond acceptors (Lipinski definition) is 3. The highest BCUT2D eigenvalue weighted by molar-refractivity contribution is 5.33. The van der Waals surface area contributed by atoms with Crippen LogP contribution in [0.25, 0.3) is 5.69 Å². The lowest BCUT2D eigenvalue weighted by atomic mass is 10.3. The monoisotopic (exact) mass is 236 g/mol. The number of para-hydroxylation sites is 1. The first-order valence-corrected chi connectivity index (χ1v) is 5.10. The van der Waals surface area contributed by atoms with Crippen molar-refractivity contribution in [2.45, 2.75) is 6.29 Å². The molecule has 5 heteroatoms. The molecule has 0 spiro atoms. The predicted molar refractivity (Wildman–Crippen MR) is 60.3 cm³/mol. The predicted octanol–water partition coefficient (Wildman–Crippen LogP) is 2.30. The molecular weight excluding hydrogens is 223 g/mol. The maximum Gasteiger partial charge on any atom is 0.202 e. The van der Waals surface area contributed by atoms with E-state index in [2.05, 4.69) is 4.98 Å². The summed E-state index contributed by atoms with van der Waals surface area (Å²) in [5.41, 5.74) is 1.04. The lowest BCUT2D eigenvalue weighted by molar-refractivity contribution is -0.108. The van der Waals surface area contributed by atoms with Crippen molar-refractivity contribution < 1.29 is 13.9 Å². The Morgan fingerprint density at radius 3 is 2.59 bits per heavy atom. The molecule has 0 unspecified atom stereocenters. The summed E-state index contributed by atoms with van der Waals surface area (Å²) in [6, 6.07) is 6.49. The highest BCUT2D eigenvalue weighted by atomic mass is 19.1. The van der Waals surface area contributed by atoms with Gasteiger partial charge >= 0.3 is 0 Å². The summed E-state index contributed by atoms with van der Waals surface area (Å²) in [5.74, 6) is -0.303. The highest BCUT2D eigenvalue weighted by Gasteiger charge is 2.13. The molecule has 0 aliphatic heterocycles. The van der Waals surface area contributed by atoms with E-state index in [1.165, 1.54) is 26.6 Å². The number of halogens is 1. The van der Waals surface area contributed by atoms with Gasteiger partial charge in [-0.05, 0) is 12.1 Å². The second kappa shape index (κ2) is 5.07. The molecule has 1 heterocycles. The van der Waals surface area contributed by atoms with Crippen molar-refractivity contribution in [1.29, 1.82) is 0 Å². The van der Waals surface area contributed by atoms with Gasteiger partial charge < -0.3 is 14.0 Å². The fourth-order valence-corrected chi connectivity index (χ4v) is 1.59. The van der Waals surface area contributed by atoms with Gasteiger partial charge in [-0.25, -0.2) is 9.37 Å². The van der Waals surface area contributed by atoms with Crippen molar-refractivity contribution in [3.05, 3.63) is 48.3 Å². The van der Waals surface area contributed by atoms with Gasteiger partial charge in [0.25, 0.3) is 0 Å². The molecule has 0 amide bonds. The molecule has 1 aromatic carbocycles. The normalized spacial score (nSPS) is 11.1. The molecule has 0 saturated carbocycles. The molecule has 4 nitrogen and oxygen atoms in total. The third kappa shape index (κ3) is 2.35. The van der Waals surface area contributed by atoms with Crippen LogP contribution in [-0.2, 0) is 9.47 Å². The largest absolute Gasteiger partial charge is 0.350 e. The van der Waals surface area contributed by atoms with Gasteiger partial charge in [0.05, 0.1) is 12.0 Å². The SMILES string of the molecule is COC(OC)c1cn(-c2ccccc2F)cn1. The van der Waals surface area contributed by atoms with E-state index in [9.17, 15) is 4.39 Å². The van der Waals surface area contributed by atoms with Crippen LogP contribution in [-0.4, -0.2) is 23.8 Å². The Hall–Kier alpha value is -1.72. The Morgan fingerprint density at radius 1 is 1.24 bits per heavy atom. The van der Waals surface area contributed by atoms with Crippen LogP contribution in [0.4, 0.5) is 4.39 Å². The molecule has 2 rings (SSSR count). The van der Waals surface area contributed by atoms with Gasteiger partial charge in [-0.1, -0.05) is 12.1 Å². The molecule has 0 radical (unpaired) electrons. The maximum atomic E-state index is 13.5. The second-order valence-corrected chi connectivity index (χ2v) is 3.46. The van der Waals surface area contributed by atoms with E-state index in [0.717, 1.165) is 0 Å². The molecule has 1 aromatic heterocycles. The van der Waals surface area contributed by atoms with Crippen molar-refractivity contribution in [3.8, 4) is 5.69 Å². The summed E-state index contributed by atoms with van der Waals surface area (Å²) >= 11 is 0. The average Bonchev–Trinajstić information content (AvgIpc) is 2.81. The first kappa shape index (κ1) is 11.8. The number of nitrogens with zero attached hydrogens (tertiary/aromatic N) is 2. The topological polar surface area (TPSA) is 36.3 Å². The summed E-state index contributed by atoms with van der Waals surface area (Å²) in [6.45, 7) is 0. The second-order valence-electron chi connectivity index (χ2n) is 3.46. The molecule has 90 valence electrons. The quantitative estimate of drug-likeness (QED) is 0.764. The molecule has 2 aromatic rings. The number of methoxy groups -OCH3 is 2. The lowest BCUT2D eigenvalue weighted by Gasteiger charge is -2.09. The summed E-state index contributed by atoms with van der Waals surface area (Å²) in [6.07, 6.45) is 2.66. The maximum absolute atomic E-state index is 13.5. The van der Waals surface area contributed by atoms with E-state index in [4.69, 9.17) is 9.47 Å². The van der Waals surface area contributed by atoms with Crippen LogP contribution in [0.15, 0.2) is 36.8 Å². The van der Waals surface area contributed by atoms with Gasteiger partial charge in [0.1, 0.15) is 11.5 Å². The van der Waals surface area contributed by atoms with Crippen molar-refractivity contribution >= 4 is 0 Å². The summed E-state index contributed by atoms with van der Waals surface area (Å²) in [5, 5.41) is 0. The molecule has 0 aliphatic carbocycles. The first-order chi connectivity index (χ1) is 8.26. The summed E-state index contributed by atoms with van der Waals surface area (Å²) in [4.78, 5) is 4.12. The number of hydrogen-bond donors (Lipinski definition) is 0. The Balaban J connectivity index is 2.33. The summed E-state index contributed by atoms with van der Waals surface area (Å²) in [7, 11) is 3.05. The Kier molecular flexibility index (Phi) is 3.51. The minimum atomic E-state index is -0.539. The van der Waals surface area contributed by atoms with Gasteiger partial charge in [-0.15, -0.1) is 0 Å². The van der Waals surface area contributed by atoms with Gasteiger partial charge in [-0.3, -0.25) is 0 Å². The minimum absolute atomic E-state index is 0.303. The van der Waals surface area contributed by atoms with E-state index in [-0.39, 0.29) is 5.82 Å². The van der Waals surface area contributed by atoms with E-state index in [1.807, 2.05) is 0 Å². The molecular formula is C12H13FN2O2. The van der Waals surface area contributed by atoms with Gasteiger partial charge in [0.15, 0.2) is 0 Å². The van der Waals surface area contributed by atoms with Crippen LogP contribution in [0.1, 0.15) is 12.0 Å². The molecule has 17 heavy (non-hydrogen) atoms. The smallest absolute Gasteiger partial charge is 0.202 e. The van der Waals surface area contributed by atoms with Crippen molar-refractivity contribution in [3.63, 3.8) is 0 Å². The highest BCUT2D eigenvalue weighted by Crippen LogP contribution is 2.18. The molecule has 0 fully saturated rings. The Morgan fingerprint density at radius 2 is 1.94 bits per heavy atom. The number of imidazole rings is 1. The fraction of sp³-hybridized carbons (Fsp3) is 0.250. The van der Waals surface area contributed by atoms with Gasteiger partial charge in [-0.2, -0.15) is 0 Å². The minimum Gasteiger partial charge on any atom is -0.350 e. The third-order valence-corrected chi connectivity index (χ3v) is 2.40. The average molecular weight is 236 g/mol. The Bertz CT molecular complexity index is 495. The van der Waals surface area contributed by atoms with Crippen molar-refractivity contribution in [1.82, 2.24) is 9.55 Å². The summed E-state index contributed by atoms with van der Waals surface area (Å²) < 4.78 is 25.3. The zero-order valence-corrected chi connectivity index (χ0v) is 9.63. The number of aromatic nitrogens is 2. The van der Waals surface area contributed by atoms with E-state index in [0.29, 0.717) is 11.4 Å². The number of ether oxygens (including phenoxy) is 2. The zero-order valence-electron chi connectivity index (χ0n) is 9.63. The molecule has 0 aliphatic rings. The Labute approximate surface area is 98.6 Å². The van der Waals surface area contributed by atoms with Crippen molar-refractivity contribution in [2.75, 3.05) is 14.2 Å². The fourth-order valence-electron chi connectivity index (χ4n) is 1.59. The van der Waals surface area contributed by atoms with E-state index in [1.54, 1.807) is 29.0 Å². The van der Waals surface area contributed by atoms with E-state index < -0.39 is 6.29 Å².